The average Bonchev–Trinajstić information content (AvgIpc) is 2.31. The Kier molecular flexibility index (Phi) is 7.15. The summed E-state index contributed by atoms with van der Waals surface area (Å²) in [5.74, 6) is 0. The predicted octanol–water partition coefficient (Wildman–Crippen LogP) is 2.78. The topological polar surface area (TPSA) is 88.9 Å². The summed E-state index contributed by atoms with van der Waals surface area (Å²) in [7, 11) is 0. The van der Waals surface area contributed by atoms with Gasteiger partial charge in [0.25, 0.3) is 0 Å². The molecule has 0 unspecified atom stereocenters. The molecule has 7 heteroatoms. The number of nitrogens with zero attached hydrogens (tertiary/aromatic N) is 2. The first-order chi connectivity index (χ1) is 9.19. The molecule has 0 aliphatic rings. The fourth-order valence-corrected chi connectivity index (χ4v) is 1.02. The molecule has 0 heterocycles. The lowest BCUT2D eigenvalue weighted by Gasteiger charge is -2.23. The number of ether oxygens (including phenoxy) is 2. The Morgan fingerprint density at radius 2 is 1.95 bits per heavy atom. The molecule has 0 N–H and O–H groups in total. The van der Waals surface area contributed by atoms with Gasteiger partial charge in [-0.15, -0.1) is 5.06 Å². The van der Waals surface area contributed by atoms with Gasteiger partial charge in [0.05, 0.1) is 19.2 Å². The molecule has 112 valence electrons. The standard InChI is InChI=1S/C13H20N2O5/c1-6-18-11(16)15(8-7-10(2)9-14)20-12(17)19-13(3,4)5/h2,6-8H2,1,3-5H3. The van der Waals surface area contributed by atoms with Gasteiger partial charge in [0.15, 0.2) is 0 Å². The van der Waals surface area contributed by atoms with Crippen molar-refractivity contribution in [3.05, 3.63) is 12.2 Å². The molecule has 0 saturated heterocycles. The highest BCUT2D eigenvalue weighted by Gasteiger charge is 2.24. The van der Waals surface area contributed by atoms with E-state index in [0.29, 0.717) is 5.06 Å². The third-order valence-corrected chi connectivity index (χ3v) is 1.82. The van der Waals surface area contributed by atoms with E-state index in [2.05, 4.69) is 6.58 Å². The summed E-state index contributed by atoms with van der Waals surface area (Å²) >= 11 is 0. The maximum atomic E-state index is 11.6. The first-order valence-corrected chi connectivity index (χ1v) is 6.12. The van der Waals surface area contributed by atoms with Crippen molar-refractivity contribution >= 4 is 12.2 Å². The Morgan fingerprint density at radius 1 is 1.35 bits per heavy atom. The second-order valence-electron chi connectivity index (χ2n) is 4.82. The lowest BCUT2D eigenvalue weighted by Crippen LogP contribution is -2.37. The average molecular weight is 284 g/mol. The van der Waals surface area contributed by atoms with Crippen molar-refractivity contribution < 1.29 is 23.9 Å². The first-order valence-electron chi connectivity index (χ1n) is 6.12. The quantitative estimate of drug-likeness (QED) is 0.448. The zero-order valence-electron chi connectivity index (χ0n) is 12.3. The largest absolute Gasteiger partial charge is 0.534 e. The Hall–Kier alpha value is -2.23. The molecule has 0 atom stereocenters. The molecule has 0 spiro atoms. The molecular formula is C13H20N2O5. The summed E-state index contributed by atoms with van der Waals surface area (Å²) in [6.07, 6.45) is -1.69. The molecule has 0 aliphatic carbocycles. The highest BCUT2D eigenvalue weighted by atomic mass is 16.8. The van der Waals surface area contributed by atoms with E-state index in [4.69, 9.17) is 19.6 Å². The van der Waals surface area contributed by atoms with E-state index >= 15 is 0 Å². The Morgan fingerprint density at radius 3 is 2.40 bits per heavy atom. The van der Waals surface area contributed by atoms with Crippen LogP contribution < -0.4 is 0 Å². The SMILES string of the molecule is C=C(C#N)CCN(OC(=O)OC(C)(C)C)C(=O)OCC. The van der Waals surface area contributed by atoms with Crippen molar-refractivity contribution in [1.29, 1.82) is 5.26 Å². The van der Waals surface area contributed by atoms with Crippen LogP contribution in [0.4, 0.5) is 9.59 Å². The normalized spacial score (nSPS) is 10.2. The molecule has 0 aromatic rings. The van der Waals surface area contributed by atoms with Crippen molar-refractivity contribution in [2.75, 3.05) is 13.2 Å². The fraction of sp³-hybridized carbons (Fsp3) is 0.615. The first kappa shape index (κ1) is 17.8. The van der Waals surface area contributed by atoms with Gasteiger partial charge in [-0.1, -0.05) is 6.58 Å². The van der Waals surface area contributed by atoms with Crippen molar-refractivity contribution in [2.24, 2.45) is 0 Å². The second-order valence-corrected chi connectivity index (χ2v) is 4.82. The monoisotopic (exact) mass is 284 g/mol. The van der Waals surface area contributed by atoms with Gasteiger partial charge in [0, 0.05) is 12.0 Å². The van der Waals surface area contributed by atoms with Crippen molar-refractivity contribution in [3.63, 3.8) is 0 Å². The van der Waals surface area contributed by atoms with E-state index in [1.165, 1.54) is 0 Å². The number of hydrogen-bond acceptors (Lipinski definition) is 6. The third kappa shape index (κ3) is 7.97. The highest BCUT2D eigenvalue weighted by Crippen LogP contribution is 2.10. The summed E-state index contributed by atoms with van der Waals surface area (Å²) in [5.41, 5.74) is -0.486. The van der Waals surface area contributed by atoms with E-state index in [0.717, 1.165) is 0 Å². The lowest BCUT2D eigenvalue weighted by atomic mass is 10.2. The summed E-state index contributed by atoms with van der Waals surface area (Å²) in [5, 5.41) is 9.32. The van der Waals surface area contributed by atoms with E-state index in [1.807, 2.05) is 6.07 Å². The van der Waals surface area contributed by atoms with Gasteiger partial charge in [0.2, 0.25) is 0 Å². The van der Waals surface area contributed by atoms with Crippen LogP contribution in [0.1, 0.15) is 34.1 Å². The number of carbonyl (C=O) groups excluding carboxylic acids is 2. The number of hydrogen-bond donors (Lipinski definition) is 0. The Bertz CT molecular complexity index is 406. The molecule has 0 saturated carbocycles. The van der Waals surface area contributed by atoms with Crippen LogP contribution in [0.15, 0.2) is 12.2 Å². The van der Waals surface area contributed by atoms with Gasteiger partial charge in [-0.2, -0.15) is 5.26 Å². The van der Waals surface area contributed by atoms with Crippen LogP contribution in [0.25, 0.3) is 0 Å². The van der Waals surface area contributed by atoms with E-state index < -0.39 is 17.8 Å². The molecule has 20 heavy (non-hydrogen) atoms. The van der Waals surface area contributed by atoms with Gasteiger partial charge in [-0.05, 0) is 27.7 Å². The maximum absolute atomic E-state index is 11.6. The zero-order chi connectivity index (χ0) is 15.8. The minimum Gasteiger partial charge on any atom is -0.448 e. The number of rotatable bonds is 4. The van der Waals surface area contributed by atoms with Crippen molar-refractivity contribution in [3.8, 4) is 6.07 Å². The minimum absolute atomic E-state index is 0.0372. The van der Waals surface area contributed by atoms with Gasteiger partial charge in [-0.3, -0.25) is 0 Å². The number of carbonyl (C=O) groups is 2. The molecule has 0 radical (unpaired) electrons. The third-order valence-electron chi connectivity index (χ3n) is 1.82. The van der Waals surface area contributed by atoms with Gasteiger partial charge in [0.1, 0.15) is 5.60 Å². The van der Waals surface area contributed by atoms with E-state index in [9.17, 15) is 9.59 Å². The Labute approximate surface area is 118 Å². The number of hydroxylamine groups is 2. The highest BCUT2D eigenvalue weighted by molar-refractivity contribution is 5.69. The van der Waals surface area contributed by atoms with Crippen LogP contribution in [0.2, 0.25) is 0 Å². The van der Waals surface area contributed by atoms with Crippen molar-refractivity contribution in [2.45, 2.75) is 39.7 Å². The van der Waals surface area contributed by atoms with Crippen LogP contribution in [0, 0.1) is 11.3 Å². The van der Waals surface area contributed by atoms with Gasteiger partial charge < -0.3 is 14.3 Å². The predicted molar refractivity (Wildman–Crippen MR) is 70.4 cm³/mol. The van der Waals surface area contributed by atoms with E-state index in [-0.39, 0.29) is 25.1 Å². The smallest absolute Gasteiger partial charge is 0.448 e. The second kappa shape index (κ2) is 8.04. The summed E-state index contributed by atoms with van der Waals surface area (Å²) in [6.45, 7) is 10.2. The van der Waals surface area contributed by atoms with Crippen LogP contribution in [-0.2, 0) is 14.3 Å². The zero-order valence-corrected chi connectivity index (χ0v) is 12.3. The molecule has 0 aromatic heterocycles. The molecule has 0 bridgehead atoms. The van der Waals surface area contributed by atoms with Gasteiger partial charge >= 0.3 is 12.2 Å². The number of nitriles is 1. The molecule has 0 aromatic carbocycles. The molecule has 0 fully saturated rings. The lowest BCUT2D eigenvalue weighted by molar-refractivity contribution is -0.125. The summed E-state index contributed by atoms with van der Waals surface area (Å²) in [6, 6.07) is 1.84. The van der Waals surface area contributed by atoms with Gasteiger partial charge in [-0.25, -0.2) is 9.59 Å². The minimum atomic E-state index is -1.02. The summed E-state index contributed by atoms with van der Waals surface area (Å²) in [4.78, 5) is 27.9. The maximum Gasteiger partial charge on any atom is 0.534 e. The van der Waals surface area contributed by atoms with Crippen LogP contribution >= 0.6 is 0 Å². The molecule has 0 rings (SSSR count). The fourth-order valence-electron chi connectivity index (χ4n) is 1.02. The van der Waals surface area contributed by atoms with Crippen LogP contribution in [0.5, 0.6) is 0 Å². The molecule has 0 aliphatic heterocycles. The number of amides is 1. The van der Waals surface area contributed by atoms with Crippen LogP contribution in [-0.4, -0.2) is 36.1 Å². The van der Waals surface area contributed by atoms with Crippen LogP contribution in [0.3, 0.4) is 0 Å². The molecule has 1 amide bonds. The summed E-state index contributed by atoms with van der Waals surface area (Å²) < 4.78 is 9.67. The van der Waals surface area contributed by atoms with Crippen molar-refractivity contribution in [1.82, 2.24) is 5.06 Å². The van der Waals surface area contributed by atoms with E-state index in [1.54, 1.807) is 27.7 Å². The Balaban J connectivity index is 4.61. The molecule has 7 nitrogen and oxygen atoms in total. The molecular weight excluding hydrogens is 264 g/mol.